The van der Waals surface area contributed by atoms with Crippen LogP contribution in [0.3, 0.4) is 0 Å². The number of aromatic nitrogens is 2. The number of nitrogen functional groups attached to an aromatic ring is 1. The predicted octanol–water partition coefficient (Wildman–Crippen LogP) is 1.02. The van der Waals surface area contributed by atoms with Gasteiger partial charge in [-0.2, -0.15) is 0 Å². The second-order valence-corrected chi connectivity index (χ2v) is 5.02. The van der Waals surface area contributed by atoms with Gasteiger partial charge in [0.25, 0.3) is 0 Å². The molecule has 0 aromatic carbocycles. The third kappa shape index (κ3) is 2.77. The number of hydrogen-bond acceptors (Lipinski definition) is 5. The first-order chi connectivity index (χ1) is 9.21. The Labute approximate surface area is 113 Å². The van der Waals surface area contributed by atoms with Gasteiger partial charge in [0, 0.05) is 18.1 Å². The number of rotatable bonds is 6. The molecule has 5 nitrogen and oxygen atoms in total. The maximum absolute atomic E-state index is 9.62. The maximum Gasteiger partial charge on any atom is 0.130 e. The van der Waals surface area contributed by atoms with E-state index in [2.05, 4.69) is 16.0 Å². The summed E-state index contributed by atoms with van der Waals surface area (Å²) in [6.45, 7) is 2.26. The van der Waals surface area contributed by atoms with Crippen molar-refractivity contribution in [2.45, 2.75) is 26.2 Å². The largest absolute Gasteiger partial charge is 0.396 e. The molecule has 1 aliphatic carbocycles. The standard InChI is InChI=1S/C14H21N3O2/c1-2-9(6-18)5-10(7-19)11-3-4-12-13(11)16-8-17-14(12)15/h3,8-10,18-19H,2,4-7H2,1H3,(H2,15,16,17)/t9-,10+/m0/s1. The molecule has 19 heavy (non-hydrogen) atoms. The summed E-state index contributed by atoms with van der Waals surface area (Å²) < 4.78 is 0. The lowest BCUT2D eigenvalue weighted by Crippen LogP contribution is -2.16. The first-order valence-electron chi connectivity index (χ1n) is 6.72. The summed E-state index contributed by atoms with van der Waals surface area (Å²) in [7, 11) is 0. The van der Waals surface area contributed by atoms with Gasteiger partial charge in [-0.05, 0) is 24.3 Å². The van der Waals surface area contributed by atoms with Crippen LogP contribution < -0.4 is 5.73 Å². The van der Waals surface area contributed by atoms with E-state index in [-0.39, 0.29) is 25.0 Å². The van der Waals surface area contributed by atoms with Crippen molar-refractivity contribution in [1.82, 2.24) is 9.97 Å². The van der Waals surface area contributed by atoms with Gasteiger partial charge in [0.1, 0.15) is 12.1 Å². The zero-order valence-electron chi connectivity index (χ0n) is 11.2. The zero-order chi connectivity index (χ0) is 13.8. The number of nitrogens with zero attached hydrogens (tertiary/aromatic N) is 2. The first-order valence-corrected chi connectivity index (χ1v) is 6.72. The Hall–Kier alpha value is -1.46. The van der Waals surface area contributed by atoms with Crippen LogP contribution in [0.25, 0.3) is 5.57 Å². The topological polar surface area (TPSA) is 92.3 Å². The highest BCUT2D eigenvalue weighted by molar-refractivity contribution is 5.74. The highest BCUT2D eigenvalue weighted by Gasteiger charge is 2.26. The van der Waals surface area contributed by atoms with Gasteiger partial charge in [-0.3, -0.25) is 0 Å². The smallest absolute Gasteiger partial charge is 0.130 e. The number of hydrogen-bond donors (Lipinski definition) is 3. The van der Waals surface area contributed by atoms with Crippen molar-refractivity contribution in [2.24, 2.45) is 11.8 Å². The molecule has 104 valence electrons. The molecule has 1 aliphatic rings. The van der Waals surface area contributed by atoms with Crippen molar-refractivity contribution < 1.29 is 10.2 Å². The van der Waals surface area contributed by atoms with Crippen LogP contribution in [0.5, 0.6) is 0 Å². The molecular formula is C14H21N3O2. The van der Waals surface area contributed by atoms with Crippen molar-refractivity contribution in [3.8, 4) is 0 Å². The van der Waals surface area contributed by atoms with Crippen molar-refractivity contribution in [1.29, 1.82) is 0 Å². The third-order valence-electron chi connectivity index (χ3n) is 3.89. The van der Waals surface area contributed by atoms with Crippen LogP contribution in [-0.4, -0.2) is 33.4 Å². The van der Waals surface area contributed by atoms with Crippen molar-refractivity contribution >= 4 is 11.4 Å². The molecule has 1 aromatic heterocycles. The molecule has 2 rings (SSSR count). The summed E-state index contributed by atoms with van der Waals surface area (Å²) in [6, 6.07) is 0. The second-order valence-electron chi connectivity index (χ2n) is 5.02. The average Bonchev–Trinajstić information content (AvgIpc) is 2.86. The van der Waals surface area contributed by atoms with E-state index in [9.17, 15) is 10.2 Å². The van der Waals surface area contributed by atoms with Gasteiger partial charge >= 0.3 is 0 Å². The lowest BCUT2D eigenvalue weighted by atomic mass is 9.87. The highest BCUT2D eigenvalue weighted by Crippen LogP contribution is 2.36. The fourth-order valence-corrected chi connectivity index (χ4v) is 2.62. The first kappa shape index (κ1) is 14.0. The van der Waals surface area contributed by atoms with E-state index in [4.69, 9.17) is 5.73 Å². The Bertz CT molecular complexity index is 470. The molecule has 0 radical (unpaired) electrons. The number of anilines is 1. The minimum absolute atomic E-state index is 0.00708. The number of allylic oxidation sites excluding steroid dienone is 1. The minimum Gasteiger partial charge on any atom is -0.396 e. The van der Waals surface area contributed by atoms with Crippen LogP contribution in [0.1, 0.15) is 31.0 Å². The monoisotopic (exact) mass is 263 g/mol. The van der Waals surface area contributed by atoms with Crippen LogP contribution in [0, 0.1) is 11.8 Å². The molecule has 0 saturated carbocycles. The maximum atomic E-state index is 9.62. The lowest BCUT2D eigenvalue weighted by Gasteiger charge is -2.21. The van der Waals surface area contributed by atoms with Crippen LogP contribution in [-0.2, 0) is 6.42 Å². The van der Waals surface area contributed by atoms with E-state index in [1.165, 1.54) is 6.33 Å². The summed E-state index contributed by atoms with van der Waals surface area (Å²) in [5.41, 5.74) is 8.70. The molecule has 0 bridgehead atoms. The number of aliphatic hydroxyl groups excluding tert-OH is 2. The quantitative estimate of drug-likeness (QED) is 0.712. The normalized spacial score (nSPS) is 16.9. The van der Waals surface area contributed by atoms with E-state index in [1.807, 2.05) is 6.92 Å². The van der Waals surface area contributed by atoms with Gasteiger partial charge in [0.15, 0.2) is 0 Å². The molecule has 5 heteroatoms. The molecule has 0 spiro atoms. The highest BCUT2D eigenvalue weighted by atomic mass is 16.3. The molecule has 0 fully saturated rings. The Morgan fingerprint density at radius 2 is 2.11 bits per heavy atom. The van der Waals surface area contributed by atoms with Gasteiger partial charge in [0.05, 0.1) is 12.3 Å². The lowest BCUT2D eigenvalue weighted by molar-refractivity contribution is 0.179. The van der Waals surface area contributed by atoms with Crippen LogP contribution in [0.2, 0.25) is 0 Å². The molecule has 1 heterocycles. The van der Waals surface area contributed by atoms with Gasteiger partial charge in [-0.1, -0.05) is 19.4 Å². The number of fused-ring (bicyclic) bond motifs is 1. The molecule has 2 atom stereocenters. The van der Waals surface area contributed by atoms with Gasteiger partial charge in [-0.15, -0.1) is 0 Å². The van der Waals surface area contributed by atoms with Crippen LogP contribution >= 0.6 is 0 Å². The summed E-state index contributed by atoms with van der Waals surface area (Å²) in [5.74, 6) is 0.732. The van der Waals surface area contributed by atoms with Crippen LogP contribution in [0.4, 0.5) is 5.82 Å². The molecule has 0 unspecified atom stereocenters. The third-order valence-corrected chi connectivity index (χ3v) is 3.89. The van der Waals surface area contributed by atoms with Crippen molar-refractivity contribution in [3.05, 3.63) is 23.7 Å². The molecule has 0 saturated heterocycles. The number of aliphatic hydroxyl groups is 2. The van der Waals surface area contributed by atoms with E-state index in [0.717, 1.165) is 36.1 Å². The van der Waals surface area contributed by atoms with Gasteiger partial charge in [-0.25, -0.2) is 9.97 Å². The van der Waals surface area contributed by atoms with E-state index < -0.39 is 0 Å². The van der Waals surface area contributed by atoms with E-state index in [0.29, 0.717) is 5.82 Å². The van der Waals surface area contributed by atoms with Crippen LogP contribution in [0.15, 0.2) is 12.4 Å². The number of nitrogens with two attached hydrogens (primary N) is 1. The SMILES string of the molecule is CC[C@H](CO)C[C@H](CO)C1=CCc2c(N)ncnc21. The summed E-state index contributed by atoms with van der Waals surface area (Å²) in [6.07, 6.45) is 5.92. The Kier molecular flexibility index (Phi) is 4.50. The van der Waals surface area contributed by atoms with Crippen molar-refractivity contribution in [2.75, 3.05) is 18.9 Å². The molecule has 0 amide bonds. The fraction of sp³-hybridized carbons (Fsp3) is 0.571. The predicted molar refractivity (Wildman–Crippen MR) is 74.2 cm³/mol. The fourth-order valence-electron chi connectivity index (χ4n) is 2.62. The summed E-state index contributed by atoms with van der Waals surface area (Å²) in [5, 5.41) is 18.9. The molecule has 0 aliphatic heterocycles. The molecule has 1 aromatic rings. The Morgan fingerprint density at radius 3 is 2.74 bits per heavy atom. The second kappa shape index (κ2) is 6.12. The Morgan fingerprint density at radius 1 is 1.32 bits per heavy atom. The minimum atomic E-state index is 0.00708. The average molecular weight is 263 g/mol. The summed E-state index contributed by atoms with van der Waals surface area (Å²) in [4.78, 5) is 8.29. The van der Waals surface area contributed by atoms with Crippen molar-refractivity contribution in [3.63, 3.8) is 0 Å². The van der Waals surface area contributed by atoms with E-state index >= 15 is 0 Å². The zero-order valence-corrected chi connectivity index (χ0v) is 11.2. The molecule has 4 N–H and O–H groups in total. The molecular weight excluding hydrogens is 242 g/mol. The Balaban J connectivity index is 2.21. The van der Waals surface area contributed by atoms with E-state index in [1.54, 1.807) is 0 Å². The van der Waals surface area contributed by atoms with Gasteiger partial charge in [0.2, 0.25) is 0 Å². The summed E-state index contributed by atoms with van der Waals surface area (Å²) >= 11 is 0. The van der Waals surface area contributed by atoms with Gasteiger partial charge < -0.3 is 15.9 Å².